The van der Waals surface area contributed by atoms with Crippen molar-refractivity contribution in [2.24, 2.45) is 0 Å². The van der Waals surface area contributed by atoms with Crippen molar-refractivity contribution in [1.82, 2.24) is 0 Å². The summed E-state index contributed by atoms with van der Waals surface area (Å²) in [6, 6.07) is 5.95. The van der Waals surface area contributed by atoms with E-state index in [2.05, 4.69) is 4.72 Å². The van der Waals surface area contributed by atoms with Crippen LogP contribution in [0.2, 0.25) is 0 Å². The van der Waals surface area contributed by atoms with Crippen molar-refractivity contribution < 1.29 is 13.5 Å². The Kier molecular flexibility index (Phi) is 4.23. The number of nitrogens with one attached hydrogen (secondary N) is 1. The molecule has 0 atom stereocenters. The lowest BCUT2D eigenvalue weighted by molar-refractivity contribution is 0.475. The highest BCUT2D eigenvalue weighted by molar-refractivity contribution is 7.92. The van der Waals surface area contributed by atoms with Crippen molar-refractivity contribution in [3.8, 4) is 5.75 Å². The Morgan fingerprint density at radius 3 is 2.73 bits per heavy atom. The Hall–Kier alpha value is -0.940. The summed E-state index contributed by atoms with van der Waals surface area (Å²) in [6.07, 6.45) is 0.399. The van der Waals surface area contributed by atoms with E-state index in [0.29, 0.717) is 18.0 Å². The van der Waals surface area contributed by atoms with Crippen LogP contribution in [0.5, 0.6) is 5.75 Å². The molecular weight excluding hydrogens is 238 g/mol. The molecule has 4 nitrogen and oxygen atoms in total. The van der Waals surface area contributed by atoms with Gasteiger partial charge in [-0.25, -0.2) is 8.42 Å². The average molecular weight is 250 g/mol. The second kappa shape index (κ2) is 5.23. The third kappa shape index (κ3) is 4.40. The number of rotatable bonds is 5. The maximum Gasteiger partial charge on any atom is 0.232 e. The van der Waals surface area contributed by atoms with Gasteiger partial charge in [-0.15, -0.1) is 11.6 Å². The fraction of sp³-hybridized carbons (Fsp3) is 0.333. The van der Waals surface area contributed by atoms with Crippen LogP contribution in [0.3, 0.4) is 0 Å². The molecule has 84 valence electrons. The van der Waals surface area contributed by atoms with Gasteiger partial charge >= 0.3 is 0 Å². The molecule has 0 radical (unpaired) electrons. The van der Waals surface area contributed by atoms with E-state index < -0.39 is 10.0 Å². The number of phenols is 1. The molecule has 0 unspecified atom stereocenters. The van der Waals surface area contributed by atoms with E-state index in [-0.39, 0.29) is 11.5 Å². The molecule has 0 bridgehead atoms. The number of hydrogen-bond donors (Lipinski definition) is 2. The summed E-state index contributed by atoms with van der Waals surface area (Å²) in [4.78, 5) is 0. The van der Waals surface area contributed by atoms with E-state index in [1.165, 1.54) is 12.1 Å². The van der Waals surface area contributed by atoms with Crippen molar-refractivity contribution in [2.45, 2.75) is 6.42 Å². The molecule has 0 aliphatic heterocycles. The zero-order chi connectivity index (χ0) is 11.3. The van der Waals surface area contributed by atoms with Crippen LogP contribution in [-0.4, -0.2) is 25.2 Å². The number of alkyl halides is 1. The topological polar surface area (TPSA) is 66.4 Å². The summed E-state index contributed by atoms with van der Waals surface area (Å²) in [5.74, 6) is 0.306. The van der Waals surface area contributed by atoms with Gasteiger partial charge < -0.3 is 5.11 Å². The second-order valence-electron chi connectivity index (χ2n) is 3.01. The molecule has 0 aliphatic rings. The first-order valence-electron chi connectivity index (χ1n) is 4.39. The molecule has 1 aromatic carbocycles. The van der Waals surface area contributed by atoms with E-state index in [9.17, 15) is 8.42 Å². The van der Waals surface area contributed by atoms with Gasteiger partial charge in [0, 0.05) is 11.9 Å². The monoisotopic (exact) mass is 249 g/mol. The molecule has 0 aliphatic carbocycles. The molecule has 0 heterocycles. The number of benzene rings is 1. The third-order valence-corrected chi connectivity index (χ3v) is 3.31. The maximum atomic E-state index is 11.4. The predicted octanol–water partition coefficient (Wildman–Crippen LogP) is 1.76. The van der Waals surface area contributed by atoms with Crippen molar-refractivity contribution in [3.63, 3.8) is 0 Å². The van der Waals surface area contributed by atoms with Crippen LogP contribution in [-0.2, 0) is 10.0 Å². The highest BCUT2D eigenvalue weighted by Crippen LogP contribution is 2.16. The van der Waals surface area contributed by atoms with Crippen molar-refractivity contribution in [3.05, 3.63) is 24.3 Å². The Labute approximate surface area is 93.9 Å². The average Bonchev–Trinajstić information content (AvgIpc) is 2.14. The van der Waals surface area contributed by atoms with Crippen molar-refractivity contribution in [2.75, 3.05) is 16.4 Å². The van der Waals surface area contributed by atoms with E-state index in [1.54, 1.807) is 12.1 Å². The Balaban J connectivity index is 2.69. The number of anilines is 1. The van der Waals surface area contributed by atoms with E-state index >= 15 is 0 Å². The molecule has 0 saturated heterocycles. The lowest BCUT2D eigenvalue weighted by Gasteiger charge is -2.06. The van der Waals surface area contributed by atoms with Crippen LogP contribution in [0.4, 0.5) is 5.69 Å². The standard InChI is InChI=1S/C9H12ClNO3S/c10-5-2-6-15(13,14)11-8-3-1-4-9(12)7-8/h1,3-4,7,11-12H,2,5-6H2. The molecular formula is C9H12ClNO3S. The summed E-state index contributed by atoms with van der Waals surface area (Å²) in [5.41, 5.74) is 0.351. The lowest BCUT2D eigenvalue weighted by atomic mass is 10.3. The fourth-order valence-corrected chi connectivity index (χ4v) is 2.45. The Bertz CT molecular complexity index is 419. The molecule has 0 aromatic heterocycles. The SMILES string of the molecule is O=S(=O)(CCCCl)Nc1cccc(O)c1. The zero-order valence-corrected chi connectivity index (χ0v) is 9.55. The Morgan fingerprint density at radius 1 is 1.40 bits per heavy atom. The van der Waals surface area contributed by atoms with Gasteiger partial charge in [-0.05, 0) is 18.6 Å². The highest BCUT2D eigenvalue weighted by Gasteiger charge is 2.09. The van der Waals surface area contributed by atoms with Crippen LogP contribution < -0.4 is 4.72 Å². The minimum absolute atomic E-state index is 0.0209. The number of sulfonamides is 1. The van der Waals surface area contributed by atoms with Gasteiger partial charge in [0.2, 0.25) is 10.0 Å². The first-order chi connectivity index (χ1) is 7.03. The molecule has 0 amide bonds. The van der Waals surface area contributed by atoms with E-state index in [4.69, 9.17) is 16.7 Å². The maximum absolute atomic E-state index is 11.4. The number of hydrogen-bond acceptors (Lipinski definition) is 3. The van der Waals surface area contributed by atoms with Gasteiger partial charge in [0.15, 0.2) is 0 Å². The van der Waals surface area contributed by atoms with E-state index in [0.717, 1.165) is 0 Å². The summed E-state index contributed by atoms with van der Waals surface area (Å²) >= 11 is 5.40. The first-order valence-corrected chi connectivity index (χ1v) is 6.58. The predicted molar refractivity (Wildman–Crippen MR) is 60.9 cm³/mol. The molecule has 15 heavy (non-hydrogen) atoms. The molecule has 0 saturated carbocycles. The summed E-state index contributed by atoms with van der Waals surface area (Å²) in [7, 11) is -3.36. The molecule has 6 heteroatoms. The van der Waals surface area contributed by atoms with Gasteiger partial charge in [-0.3, -0.25) is 4.72 Å². The summed E-state index contributed by atoms with van der Waals surface area (Å²) in [6.45, 7) is 0. The first kappa shape index (κ1) is 12.1. The summed E-state index contributed by atoms with van der Waals surface area (Å²) < 4.78 is 25.2. The van der Waals surface area contributed by atoms with Crippen molar-refractivity contribution >= 4 is 27.3 Å². The molecule has 1 rings (SSSR count). The largest absolute Gasteiger partial charge is 0.508 e. The van der Waals surface area contributed by atoms with E-state index in [1.807, 2.05) is 0 Å². The van der Waals surface area contributed by atoms with Crippen LogP contribution in [0.25, 0.3) is 0 Å². The third-order valence-electron chi connectivity index (χ3n) is 1.67. The highest BCUT2D eigenvalue weighted by atomic mass is 35.5. The Morgan fingerprint density at radius 2 is 2.13 bits per heavy atom. The van der Waals surface area contributed by atoms with Crippen LogP contribution >= 0.6 is 11.6 Å². The second-order valence-corrected chi connectivity index (χ2v) is 5.23. The van der Waals surface area contributed by atoms with Crippen molar-refractivity contribution in [1.29, 1.82) is 0 Å². The van der Waals surface area contributed by atoms with Crippen LogP contribution in [0.15, 0.2) is 24.3 Å². The molecule has 0 fully saturated rings. The fourth-order valence-electron chi connectivity index (χ4n) is 1.04. The van der Waals surface area contributed by atoms with Crippen LogP contribution in [0.1, 0.15) is 6.42 Å². The van der Waals surface area contributed by atoms with Gasteiger partial charge in [0.25, 0.3) is 0 Å². The van der Waals surface area contributed by atoms with Crippen LogP contribution in [0, 0.1) is 0 Å². The van der Waals surface area contributed by atoms with Gasteiger partial charge in [0.1, 0.15) is 5.75 Å². The number of aromatic hydroxyl groups is 1. The minimum Gasteiger partial charge on any atom is -0.508 e. The van der Waals surface area contributed by atoms with Gasteiger partial charge in [-0.2, -0.15) is 0 Å². The van der Waals surface area contributed by atoms with Gasteiger partial charge in [-0.1, -0.05) is 6.07 Å². The quantitative estimate of drug-likeness (QED) is 0.782. The van der Waals surface area contributed by atoms with Gasteiger partial charge in [0.05, 0.1) is 11.4 Å². The summed E-state index contributed by atoms with van der Waals surface area (Å²) in [5, 5.41) is 9.13. The lowest BCUT2D eigenvalue weighted by Crippen LogP contribution is -2.16. The normalized spacial score (nSPS) is 11.3. The molecule has 0 spiro atoms. The number of phenolic OH excluding ortho intramolecular Hbond substituents is 1. The smallest absolute Gasteiger partial charge is 0.232 e. The zero-order valence-electron chi connectivity index (χ0n) is 7.98. The number of halogens is 1. The minimum atomic E-state index is -3.36. The molecule has 2 N–H and O–H groups in total. The molecule has 1 aromatic rings.